The van der Waals surface area contributed by atoms with Crippen LogP contribution in [-0.4, -0.2) is 31.6 Å². The summed E-state index contributed by atoms with van der Waals surface area (Å²) >= 11 is 0. The monoisotopic (exact) mass is 284 g/mol. The van der Waals surface area contributed by atoms with Crippen LogP contribution >= 0.6 is 0 Å². The van der Waals surface area contributed by atoms with Crippen LogP contribution in [0.5, 0.6) is 5.75 Å². The lowest BCUT2D eigenvalue weighted by atomic mass is 10.1. The largest absolute Gasteiger partial charge is 0.492 e. The molecule has 112 valence electrons. The third-order valence-corrected chi connectivity index (χ3v) is 3.50. The van der Waals surface area contributed by atoms with Gasteiger partial charge in [0.15, 0.2) is 0 Å². The Morgan fingerprint density at radius 1 is 0.952 bits per heavy atom. The van der Waals surface area contributed by atoms with Gasteiger partial charge >= 0.3 is 0 Å². The summed E-state index contributed by atoms with van der Waals surface area (Å²) in [6.07, 6.45) is 1.07. The molecule has 0 heterocycles. The van der Waals surface area contributed by atoms with Crippen LogP contribution in [0, 0.1) is 0 Å². The molecule has 2 aromatic rings. The molecule has 2 N–H and O–H groups in total. The van der Waals surface area contributed by atoms with Crippen LogP contribution in [0.15, 0.2) is 54.6 Å². The maximum absolute atomic E-state index is 5.77. The Kier molecular flexibility index (Phi) is 6.25. The van der Waals surface area contributed by atoms with Crippen LogP contribution in [0.25, 0.3) is 0 Å². The van der Waals surface area contributed by atoms with Gasteiger partial charge in [0.1, 0.15) is 12.4 Å². The second kappa shape index (κ2) is 8.45. The molecular formula is C18H24N2O. The average Bonchev–Trinajstić information content (AvgIpc) is 2.54. The predicted octanol–water partition coefficient (Wildman–Crippen LogP) is 2.70. The molecule has 0 aliphatic heterocycles. The minimum Gasteiger partial charge on any atom is -0.492 e. The summed E-state index contributed by atoms with van der Waals surface area (Å²) in [7, 11) is 2.13. The third-order valence-electron chi connectivity index (χ3n) is 3.50. The fraction of sp³-hybridized carbons (Fsp3) is 0.333. The molecule has 0 aliphatic carbocycles. The molecule has 2 aromatic carbocycles. The summed E-state index contributed by atoms with van der Waals surface area (Å²) in [5, 5.41) is 0. The summed E-state index contributed by atoms with van der Waals surface area (Å²) in [6, 6.07) is 18.5. The number of hydrogen-bond acceptors (Lipinski definition) is 3. The number of nitrogens with two attached hydrogens (primary N) is 1. The minimum atomic E-state index is 0.550. The first-order valence-corrected chi connectivity index (χ1v) is 7.42. The first-order chi connectivity index (χ1) is 10.3. The summed E-state index contributed by atoms with van der Waals surface area (Å²) in [4.78, 5) is 2.29. The fourth-order valence-corrected chi connectivity index (χ4v) is 2.16. The Morgan fingerprint density at radius 2 is 1.71 bits per heavy atom. The Bertz CT molecular complexity index is 528. The number of benzene rings is 2. The molecule has 0 radical (unpaired) electrons. The Morgan fingerprint density at radius 3 is 2.48 bits per heavy atom. The zero-order chi connectivity index (χ0) is 14.9. The van der Waals surface area contributed by atoms with Gasteiger partial charge in [0, 0.05) is 19.6 Å². The van der Waals surface area contributed by atoms with Crippen LogP contribution in [0.1, 0.15) is 11.1 Å². The number of ether oxygens (including phenoxy) is 1. The quantitative estimate of drug-likeness (QED) is 0.810. The van der Waals surface area contributed by atoms with E-state index < -0.39 is 0 Å². The molecule has 0 aromatic heterocycles. The van der Waals surface area contributed by atoms with Gasteiger partial charge < -0.3 is 15.4 Å². The number of nitrogens with zero attached hydrogens (tertiary/aromatic N) is 1. The molecule has 0 aliphatic rings. The molecule has 0 saturated carbocycles. The highest BCUT2D eigenvalue weighted by Crippen LogP contribution is 2.12. The van der Waals surface area contributed by atoms with E-state index in [1.807, 2.05) is 24.3 Å². The van der Waals surface area contributed by atoms with E-state index >= 15 is 0 Å². The standard InChI is InChI=1S/C18H24N2O/c1-20(11-10-16-6-3-2-4-7-16)12-13-21-18-9-5-8-17(14-18)15-19/h2-9,14H,10-13,15,19H2,1H3. The molecule has 2 rings (SSSR count). The lowest BCUT2D eigenvalue weighted by molar-refractivity contribution is 0.239. The first-order valence-electron chi connectivity index (χ1n) is 7.42. The Balaban J connectivity index is 1.68. The van der Waals surface area contributed by atoms with Gasteiger partial charge in [-0.3, -0.25) is 0 Å². The molecule has 0 fully saturated rings. The van der Waals surface area contributed by atoms with E-state index in [0.29, 0.717) is 13.2 Å². The van der Waals surface area contributed by atoms with Crippen molar-refractivity contribution in [2.45, 2.75) is 13.0 Å². The van der Waals surface area contributed by atoms with Gasteiger partial charge in [0.25, 0.3) is 0 Å². The van der Waals surface area contributed by atoms with Crippen LogP contribution < -0.4 is 10.5 Å². The second-order valence-electron chi connectivity index (χ2n) is 5.24. The zero-order valence-electron chi connectivity index (χ0n) is 12.7. The van der Waals surface area contributed by atoms with Gasteiger partial charge in [-0.15, -0.1) is 0 Å². The van der Waals surface area contributed by atoms with Crippen molar-refractivity contribution in [3.05, 3.63) is 65.7 Å². The Labute approximate surface area is 127 Å². The van der Waals surface area contributed by atoms with E-state index in [2.05, 4.69) is 42.3 Å². The fourth-order valence-electron chi connectivity index (χ4n) is 2.16. The van der Waals surface area contributed by atoms with Crippen LogP contribution in [0.2, 0.25) is 0 Å². The lowest BCUT2D eigenvalue weighted by Gasteiger charge is -2.17. The van der Waals surface area contributed by atoms with Crippen LogP contribution in [0.3, 0.4) is 0 Å². The number of hydrogen-bond donors (Lipinski definition) is 1. The molecule has 0 bridgehead atoms. The maximum atomic E-state index is 5.77. The molecule has 0 saturated heterocycles. The lowest BCUT2D eigenvalue weighted by Crippen LogP contribution is -2.26. The minimum absolute atomic E-state index is 0.550. The molecule has 0 amide bonds. The van der Waals surface area contributed by atoms with Crippen molar-refractivity contribution in [2.75, 3.05) is 26.7 Å². The van der Waals surface area contributed by atoms with E-state index in [9.17, 15) is 0 Å². The van der Waals surface area contributed by atoms with E-state index in [1.165, 1.54) is 5.56 Å². The molecule has 3 nitrogen and oxygen atoms in total. The van der Waals surface area contributed by atoms with E-state index in [0.717, 1.165) is 30.8 Å². The second-order valence-corrected chi connectivity index (χ2v) is 5.24. The summed E-state index contributed by atoms with van der Waals surface area (Å²) < 4.78 is 5.77. The van der Waals surface area contributed by atoms with Gasteiger partial charge in [-0.1, -0.05) is 42.5 Å². The third kappa shape index (κ3) is 5.58. The van der Waals surface area contributed by atoms with Crippen molar-refractivity contribution in [1.82, 2.24) is 4.90 Å². The Hall–Kier alpha value is -1.84. The van der Waals surface area contributed by atoms with Crippen molar-refractivity contribution in [1.29, 1.82) is 0 Å². The summed E-state index contributed by atoms with van der Waals surface area (Å²) in [5.74, 6) is 0.898. The average molecular weight is 284 g/mol. The molecule has 0 unspecified atom stereocenters. The van der Waals surface area contributed by atoms with Gasteiger partial charge in [-0.2, -0.15) is 0 Å². The SMILES string of the molecule is CN(CCOc1cccc(CN)c1)CCc1ccccc1. The van der Waals surface area contributed by atoms with Crippen molar-refractivity contribution in [3.8, 4) is 5.75 Å². The number of likely N-dealkylation sites (N-methyl/N-ethyl adjacent to an activating group) is 1. The topological polar surface area (TPSA) is 38.5 Å². The molecule has 0 atom stereocenters. The molecular weight excluding hydrogens is 260 g/mol. The highest BCUT2D eigenvalue weighted by atomic mass is 16.5. The van der Waals surface area contributed by atoms with Crippen LogP contribution in [-0.2, 0) is 13.0 Å². The van der Waals surface area contributed by atoms with Crippen molar-refractivity contribution < 1.29 is 4.74 Å². The van der Waals surface area contributed by atoms with Crippen molar-refractivity contribution in [3.63, 3.8) is 0 Å². The molecule has 21 heavy (non-hydrogen) atoms. The maximum Gasteiger partial charge on any atom is 0.119 e. The van der Waals surface area contributed by atoms with E-state index in [4.69, 9.17) is 10.5 Å². The first kappa shape index (κ1) is 15.5. The molecule has 3 heteroatoms. The summed E-state index contributed by atoms with van der Waals surface area (Å²) in [6.45, 7) is 3.20. The van der Waals surface area contributed by atoms with E-state index in [1.54, 1.807) is 0 Å². The van der Waals surface area contributed by atoms with E-state index in [-0.39, 0.29) is 0 Å². The zero-order valence-corrected chi connectivity index (χ0v) is 12.7. The number of rotatable bonds is 8. The normalized spacial score (nSPS) is 10.8. The van der Waals surface area contributed by atoms with Crippen molar-refractivity contribution in [2.24, 2.45) is 5.73 Å². The van der Waals surface area contributed by atoms with Crippen LogP contribution in [0.4, 0.5) is 0 Å². The molecule has 0 spiro atoms. The van der Waals surface area contributed by atoms with Gasteiger partial charge in [-0.05, 0) is 36.7 Å². The van der Waals surface area contributed by atoms with Gasteiger partial charge in [0.05, 0.1) is 0 Å². The predicted molar refractivity (Wildman–Crippen MR) is 87.5 cm³/mol. The van der Waals surface area contributed by atoms with Gasteiger partial charge in [-0.25, -0.2) is 0 Å². The highest BCUT2D eigenvalue weighted by molar-refractivity contribution is 5.28. The summed E-state index contributed by atoms with van der Waals surface area (Å²) in [5.41, 5.74) is 8.10. The highest BCUT2D eigenvalue weighted by Gasteiger charge is 2.01. The van der Waals surface area contributed by atoms with Gasteiger partial charge in [0.2, 0.25) is 0 Å². The smallest absolute Gasteiger partial charge is 0.119 e. The van der Waals surface area contributed by atoms with Crippen molar-refractivity contribution >= 4 is 0 Å².